The Morgan fingerprint density at radius 1 is 1.14 bits per heavy atom. The number of rotatable bonds is 5. The van der Waals surface area contributed by atoms with Crippen molar-refractivity contribution in [3.63, 3.8) is 0 Å². The molecule has 4 aromatic rings. The van der Waals surface area contributed by atoms with Gasteiger partial charge >= 0.3 is 0 Å². The first-order valence-electron chi connectivity index (χ1n) is 9.18. The first-order chi connectivity index (χ1) is 14.1. The number of tetrazole rings is 1. The molecule has 146 valence electrons. The highest BCUT2D eigenvalue weighted by Gasteiger charge is 2.11. The van der Waals surface area contributed by atoms with E-state index in [9.17, 15) is 4.79 Å². The van der Waals surface area contributed by atoms with Gasteiger partial charge in [-0.2, -0.15) is 15.3 Å². The molecule has 4 rings (SSSR count). The third kappa shape index (κ3) is 4.19. The van der Waals surface area contributed by atoms with E-state index in [1.54, 1.807) is 4.68 Å². The summed E-state index contributed by atoms with van der Waals surface area (Å²) in [6, 6.07) is 16.2. The number of aryl methyl sites for hydroxylation is 1. The van der Waals surface area contributed by atoms with Gasteiger partial charge in [0.05, 0.1) is 6.54 Å². The van der Waals surface area contributed by atoms with Gasteiger partial charge in [0.15, 0.2) is 0 Å². The first-order valence-corrected chi connectivity index (χ1v) is 10.00. The summed E-state index contributed by atoms with van der Waals surface area (Å²) in [5.41, 5.74) is 4.07. The number of hydrogen-bond acceptors (Lipinski definition) is 6. The summed E-state index contributed by atoms with van der Waals surface area (Å²) in [6.45, 7) is 4.04. The number of aromatic nitrogens is 6. The lowest BCUT2D eigenvalue weighted by Gasteiger charge is -2.08. The van der Waals surface area contributed by atoms with Crippen LogP contribution in [0.15, 0.2) is 53.5 Å². The summed E-state index contributed by atoms with van der Waals surface area (Å²) in [5, 5.41) is 19.9. The van der Waals surface area contributed by atoms with Gasteiger partial charge in [-0.25, -0.2) is 4.68 Å². The third-order valence-corrected chi connectivity index (χ3v) is 5.42. The van der Waals surface area contributed by atoms with E-state index in [0.29, 0.717) is 17.2 Å². The van der Waals surface area contributed by atoms with Gasteiger partial charge in [-0.05, 0) is 28.3 Å². The largest absolute Gasteiger partial charge is 0.273 e. The average molecular weight is 405 g/mol. The minimum Gasteiger partial charge on any atom is -0.273 e. The molecule has 1 amide bonds. The van der Waals surface area contributed by atoms with Gasteiger partial charge in [-0.1, -0.05) is 66.8 Å². The summed E-state index contributed by atoms with van der Waals surface area (Å²) >= 11 is 1.45. The lowest BCUT2D eigenvalue weighted by Crippen LogP contribution is -2.18. The molecule has 29 heavy (non-hydrogen) atoms. The van der Waals surface area contributed by atoms with Crippen molar-refractivity contribution in [1.29, 1.82) is 0 Å². The maximum absolute atomic E-state index is 11.4. The predicted octanol–water partition coefficient (Wildman–Crippen LogP) is 2.85. The number of aromatic amines is 1. The number of nitrogens with zero attached hydrogens (tertiary/aromatic N) is 6. The average Bonchev–Trinajstić information content (AvgIpc) is 3.39. The zero-order valence-corrected chi connectivity index (χ0v) is 16.8. The Kier molecular flexibility index (Phi) is 5.39. The first kappa shape index (κ1) is 18.9. The molecule has 9 heteroatoms. The Morgan fingerprint density at radius 3 is 2.55 bits per heavy atom. The highest BCUT2D eigenvalue weighted by atomic mass is 32.1. The molecule has 0 aliphatic heterocycles. The number of amides is 1. The van der Waals surface area contributed by atoms with Crippen molar-refractivity contribution in [2.45, 2.75) is 26.8 Å². The molecule has 0 bridgehead atoms. The molecule has 0 aliphatic rings. The molecule has 0 radical (unpaired) electrons. The Balaban J connectivity index is 1.64. The molecule has 0 unspecified atom stereocenters. The van der Waals surface area contributed by atoms with Crippen molar-refractivity contribution in [3.8, 4) is 22.5 Å². The minimum absolute atomic E-state index is 0.224. The lowest BCUT2D eigenvalue weighted by atomic mass is 9.98. The molecule has 0 saturated heterocycles. The monoisotopic (exact) mass is 405 g/mol. The van der Waals surface area contributed by atoms with E-state index in [-0.39, 0.29) is 5.91 Å². The lowest BCUT2D eigenvalue weighted by molar-refractivity contribution is -0.116. The van der Waals surface area contributed by atoms with Crippen LogP contribution in [0.2, 0.25) is 0 Å². The molecule has 0 fully saturated rings. The molecule has 0 atom stereocenters. The molecule has 2 aromatic heterocycles. The van der Waals surface area contributed by atoms with E-state index >= 15 is 0 Å². The SMILES string of the molecule is CCc1nn(Cc2ccc(-c3ccccc3-c3nn[nH]n3)cc2)c(=NC(C)=O)s1. The quantitative estimate of drug-likeness (QED) is 0.550. The molecular formula is C20H19N7OS. The molecule has 0 saturated carbocycles. The zero-order valence-electron chi connectivity index (χ0n) is 16.0. The fourth-order valence-electron chi connectivity index (χ4n) is 2.99. The Hall–Kier alpha value is -3.46. The fourth-order valence-corrected chi connectivity index (χ4v) is 3.86. The third-order valence-electron chi connectivity index (χ3n) is 4.33. The Morgan fingerprint density at radius 2 is 1.90 bits per heavy atom. The number of nitrogens with one attached hydrogen (secondary N) is 1. The van der Waals surface area contributed by atoms with E-state index in [2.05, 4.69) is 55.0 Å². The molecule has 2 aromatic carbocycles. The molecule has 2 heterocycles. The normalized spacial score (nSPS) is 11.7. The second-order valence-corrected chi connectivity index (χ2v) is 7.44. The Labute approximate surface area is 171 Å². The van der Waals surface area contributed by atoms with Gasteiger partial charge in [-0.3, -0.25) is 4.79 Å². The van der Waals surface area contributed by atoms with Crippen molar-refractivity contribution < 1.29 is 4.79 Å². The smallest absolute Gasteiger partial charge is 0.245 e. The molecular weight excluding hydrogens is 386 g/mol. The van der Waals surface area contributed by atoms with Crippen LogP contribution in [-0.2, 0) is 17.8 Å². The summed E-state index contributed by atoms with van der Waals surface area (Å²) < 4.78 is 1.78. The van der Waals surface area contributed by atoms with Crippen LogP contribution in [0.5, 0.6) is 0 Å². The van der Waals surface area contributed by atoms with Crippen LogP contribution in [0, 0.1) is 0 Å². The van der Waals surface area contributed by atoms with Gasteiger partial charge in [0.25, 0.3) is 0 Å². The van der Waals surface area contributed by atoms with E-state index < -0.39 is 0 Å². The molecule has 1 N–H and O–H groups in total. The van der Waals surface area contributed by atoms with E-state index in [1.165, 1.54) is 18.3 Å². The predicted molar refractivity (Wildman–Crippen MR) is 110 cm³/mol. The van der Waals surface area contributed by atoms with Crippen molar-refractivity contribution in [3.05, 3.63) is 63.9 Å². The second-order valence-electron chi connectivity index (χ2n) is 6.40. The van der Waals surface area contributed by atoms with Gasteiger partial charge < -0.3 is 0 Å². The van der Waals surface area contributed by atoms with Gasteiger partial charge in [0.2, 0.25) is 16.5 Å². The van der Waals surface area contributed by atoms with Crippen LogP contribution in [0.3, 0.4) is 0 Å². The minimum atomic E-state index is -0.224. The maximum atomic E-state index is 11.4. The molecule has 0 aliphatic carbocycles. The number of hydrogen-bond donors (Lipinski definition) is 1. The van der Waals surface area contributed by atoms with E-state index in [1.807, 2.05) is 31.2 Å². The molecule has 8 nitrogen and oxygen atoms in total. The maximum Gasteiger partial charge on any atom is 0.245 e. The molecule has 0 spiro atoms. The topological polar surface area (TPSA) is 102 Å². The van der Waals surface area contributed by atoms with Crippen LogP contribution in [0.25, 0.3) is 22.5 Å². The van der Waals surface area contributed by atoms with Crippen molar-refractivity contribution >= 4 is 17.2 Å². The number of benzene rings is 2. The van der Waals surface area contributed by atoms with Crippen molar-refractivity contribution in [2.75, 3.05) is 0 Å². The van der Waals surface area contributed by atoms with Gasteiger partial charge in [0.1, 0.15) is 5.01 Å². The fraction of sp³-hybridized carbons (Fsp3) is 0.200. The van der Waals surface area contributed by atoms with Crippen LogP contribution in [0.1, 0.15) is 24.4 Å². The van der Waals surface area contributed by atoms with Crippen LogP contribution in [0.4, 0.5) is 0 Å². The number of carbonyl (C=O) groups excluding carboxylic acids is 1. The van der Waals surface area contributed by atoms with Crippen molar-refractivity contribution in [2.24, 2.45) is 4.99 Å². The Bertz CT molecular complexity index is 1190. The zero-order chi connectivity index (χ0) is 20.2. The van der Waals surface area contributed by atoms with Gasteiger partial charge in [0, 0.05) is 12.5 Å². The van der Waals surface area contributed by atoms with Gasteiger partial charge in [-0.15, -0.1) is 10.2 Å². The number of carbonyl (C=O) groups is 1. The van der Waals surface area contributed by atoms with Crippen LogP contribution < -0.4 is 4.80 Å². The van der Waals surface area contributed by atoms with E-state index in [0.717, 1.165) is 33.7 Å². The number of H-pyrrole nitrogens is 1. The summed E-state index contributed by atoms with van der Waals surface area (Å²) in [5.74, 6) is 0.337. The highest BCUT2D eigenvalue weighted by Crippen LogP contribution is 2.29. The summed E-state index contributed by atoms with van der Waals surface area (Å²) in [6.07, 6.45) is 0.809. The van der Waals surface area contributed by atoms with Crippen LogP contribution in [-0.4, -0.2) is 36.3 Å². The van der Waals surface area contributed by atoms with Crippen molar-refractivity contribution in [1.82, 2.24) is 30.4 Å². The second kappa shape index (κ2) is 8.27. The van der Waals surface area contributed by atoms with Crippen LogP contribution >= 0.6 is 11.3 Å². The summed E-state index contributed by atoms with van der Waals surface area (Å²) in [4.78, 5) is 16.1. The highest BCUT2D eigenvalue weighted by molar-refractivity contribution is 7.08. The standard InChI is InChI=1S/C20H19N7OS/c1-3-18-24-27(20(29-18)21-13(2)28)12-14-8-10-15(11-9-14)16-6-4-5-7-17(16)19-22-25-26-23-19/h4-11H,3,12H2,1-2H3,(H,22,23,25,26). The summed E-state index contributed by atoms with van der Waals surface area (Å²) in [7, 11) is 0. The van der Waals surface area contributed by atoms with E-state index in [4.69, 9.17) is 0 Å².